The van der Waals surface area contributed by atoms with Gasteiger partial charge in [-0.25, -0.2) is 19.5 Å². The Hall–Kier alpha value is -3.77. The normalized spacial score (nSPS) is 15.9. The van der Waals surface area contributed by atoms with Crippen molar-refractivity contribution in [2.45, 2.75) is 19.8 Å². The minimum atomic E-state index is -0.929. The first-order valence-electron chi connectivity index (χ1n) is 10.2. The van der Waals surface area contributed by atoms with Gasteiger partial charge in [0.25, 0.3) is 5.19 Å². The highest BCUT2D eigenvalue weighted by Crippen LogP contribution is 2.30. The van der Waals surface area contributed by atoms with Crippen LogP contribution in [-0.4, -0.2) is 52.2 Å². The van der Waals surface area contributed by atoms with Crippen LogP contribution in [0.2, 0.25) is 5.02 Å². The molecule has 11 nitrogen and oxygen atoms in total. The number of benzene rings is 2. The van der Waals surface area contributed by atoms with Crippen molar-refractivity contribution in [1.29, 1.82) is 0 Å². The Labute approximate surface area is 202 Å². The highest BCUT2D eigenvalue weighted by molar-refractivity contribution is 7.20. The maximum Gasteiger partial charge on any atom is 0.331 e. The summed E-state index contributed by atoms with van der Waals surface area (Å²) in [5, 5.41) is 9.06. The fraction of sp³-hybridized carbons (Fsp3) is 0.238. The molecule has 1 aromatic heterocycles. The topological polar surface area (TPSA) is 133 Å². The zero-order chi connectivity index (χ0) is 24.2. The van der Waals surface area contributed by atoms with Crippen LogP contribution in [0.25, 0.3) is 10.2 Å². The largest absolute Gasteiger partial charge is 0.460 e. The molecule has 5 amide bonds. The molecular weight excluding hydrogens is 484 g/mol. The number of carbonyl (C=O) groups is 3. The summed E-state index contributed by atoms with van der Waals surface area (Å²) in [5.74, 6) is -0.929. The van der Waals surface area contributed by atoms with Gasteiger partial charge in [0, 0.05) is 22.4 Å². The van der Waals surface area contributed by atoms with Gasteiger partial charge in [0.15, 0.2) is 12.9 Å². The van der Waals surface area contributed by atoms with E-state index >= 15 is 0 Å². The maximum absolute atomic E-state index is 13.0. The first-order chi connectivity index (χ1) is 16.4. The minimum Gasteiger partial charge on any atom is -0.460 e. The molecule has 13 heteroatoms. The second kappa shape index (κ2) is 10.0. The first-order valence-corrected chi connectivity index (χ1v) is 11.4. The van der Waals surface area contributed by atoms with Crippen LogP contribution in [0.15, 0.2) is 47.6 Å². The highest BCUT2D eigenvalue weighted by Gasteiger charge is 2.37. The number of amides is 5. The fourth-order valence-corrected chi connectivity index (χ4v) is 4.31. The fourth-order valence-electron chi connectivity index (χ4n) is 3.33. The van der Waals surface area contributed by atoms with Crippen molar-refractivity contribution in [3.05, 3.63) is 58.0 Å². The van der Waals surface area contributed by atoms with Crippen molar-refractivity contribution in [1.82, 2.24) is 20.1 Å². The molecule has 2 N–H and O–H groups in total. The molecule has 1 atom stereocenters. The molecular formula is C21H19ClN6O5S. The zero-order valence-corrected chi connectivity index (χ0v) is 19.4. The summed E-state index contributed by atoms with van der Waals surface area (Å²) >= 11 is 7.15. The minimum absolute atomic E-state index is 0.216. The average molecular weight is 503 g/mol. The van der Waals surface area contributed by atoms with E-state index in [0.29, 0.717) is 16.2 Å². The van der Waals surface area contributed by atoms with Crippen LogP contribution in [0.4, 0.5) is 15.3 Å². The number of urea groups is 2. The smallest absolute Gasteiger partial charge is 0.331 e. The molecule has 1 fully saturated rings. The van der Waals surface area contributed by atoms with Crippen LogP contribution >= 0.6 is 22.9 Å². The summed E-state index contributed by atoms with van der Waals surface area (Å²) < 4.78 is 5.93. The van der Waals surface area contributed by atoms with Crippen LogP contribution in [0.5, 0.6) is 5.19 Å². The number of rotatable bonds is 8. The van der Waals surface area contributed by atoms with Gasteiger partial charge < -0.3 is 10.1 Å². The van der Waals surface area contributed by atoms with E-state index in [2.05, 4.69) is 20.8 Å². The molecule has 4 rings (SSSR count). The molecule has 34 heavy (non-hydrogen) atoms. The Morgan fingerprint density at radius 3 is 2.74 bits per heavy atom. The van der Waals surface area contributed by atoms with Gasteiger partial charge in [-0.1, -0.05) is 35.1 Å². The molecule has 0 radical (unpaired) electrons. The van der Waals surface area contributed by atoms with Crippen molar-refractivity contribution < 1.29 is 19.1 Å². The second-order valence-corrected chi connectivity index (χ2v) is 8.64. The van der Waals surface area contributed by atoms with Gasteiger partial charge in [0.05, 0.1) is 16.8 Å². The summed E-state index contributed by atoms with van der Waals surface area (Å²) in [5.41, 5.74) is 2.09. The SMILES string of the molecule is CCN1C(=O)NC(Nc2ccc3nc(OCC(=O)N=O)sc3c2)N(Cc2ccc(Cl)cc2)C1=O. The number of hydrogen-bond acceptors (Lipinski definition) is 8. The summed E-state index contributed by atoms with van der Waals surface area (Å²) in [6, 6.07) is 11.4. The monoisotopic (exact) mass is 502 g/mol. The van der Waals surface area contributed by atoms with E-state index in [9.17, 15) is 19.3 Å². The van der Waals surface area contributed by atoms with E-state index < -0.39 is 30.9 Å². The lowest BCUT2D eigenvalue weighted by Crippen LogP contribution is -2.66. The number of imide groups is 1. The third-order valence-corrected chi connectivity index (χ3v) is 6.15. The lowest BCUT2D eigenvalue weighted by atomic mass is 10.2. The van der Waals surface area contributed by atoms with E-state index in [0.717, 1.165) is 15.2 Å². The Balaban J connectivity index is 1.55. The molecule has 0 spiro atoms. The Kier molecular flexibility index (Phi) is 6.89. The van der Waals surface area contributed by atoms with E-state index in [1.165, 1.54) is 16.2 Å². The number of anilines is 1. The molecule has 0 aliphatic carbocycles. The molecule has 0 saturated carbocycles. The van der Waals surface area contributed by atoms with Crippen LogP contribution in [0.1, 0.15) is 12.5 Å². The van der Waals surface area contributed by atoms with Gasteiger partial charge in [-0.2, -0.15) is 0 Å². The number of nitrogens with one attached hydrogen (secondary N) is 2. The number of ether oxygens (including phenoxy) is 1. The van der Waals surface area contributed by atoms with Gasteiger partial charge in [0.2, 0.25) is 0 Å². The molecule has 1 unspecified atom stereocenters. The average Bonchev–Trinajstić information content (AvgIpc) is 3.23. The number of nitrogens with zero attached hydrogens (tertiary/aromatic N) is 4. The third-order valence-electron chi connectivity index (χ3n) is 4.97. The van der Waals surface area contributed by atoms with Crippen LogP contribution in [0.3, 0.4) is 0 Å². The molecule has 3 aromatic rings. The lowest BCUT2D eigenvalue weighted by Gasteiger charge is -2.41. The Morgan fingerprint density at radius 2 is 2.03 bits per heavy atom. The molecule has 1 aliphatic rings. The Morgan fingerprint density at radius 1 is 1.26 bits per heavy atom. The summed E-state index contributed by atoms with van der Waals surface area (Å²) in [6.45, 7) is 1.70. The van der Waals surface area contributed by atoms with Crippen molar-refractivity contribution in [2.75, 3.05) is 18.5 Å². The van der Waals surface area contributed by atoms with E-state index in [1.54, 1.807) is 37.3 Å². The molecule has 0 bridgehead atoms. The predicted octanol–water partition coefficient (Wildman–Crippen LogP) is 3.98. The summed E-state index contributed by atoms with van der Waals surface area (Å²) in [7, 11) is 0. The van der Waals surface area contributed by atoms with E-state index in [1.807, 2.05) is 12.1 Å². The summed E-state index contributed by atoms with van der Waals surface area (Å²) in [6.07, 6.45) is -0.809. The van der Waals surface area contributed by atoms with Crippen molar-refractivity contribution >= 4 is 56.8 Å². The number of carbonyl (C=O) groups excluding carboxylic acids is 3. The van der Waals surface area contributed by atoms with Gasteiger partial charge in [-0.05, 0) is 42.8 Å². The molecule has 2 heterocycles. The van der Waals surface area contributed by atoms with Gasteiger partial charge in [-0.3, -0.25) is 15.0 Å². The van der Waals surface area contributed by atoms with Crippen molar-refractivity contribution in [3.63, 3.8) is 0 Å². The van der Waals surface area contributed by atoms with E-state index in [-0.39, 0.29) is 18.3 Å². The van der Waals surface area contributed by atoms with Gasteiger partial charge in [-0.15, -0.1) is 4.91 Å². The van der Waals surface area contributed by atoms with Crippen LogP contribution in [0, 0.1) is 4.91 Å². The zero-order valence-electron chi connectivity index (χ0n) is 17.9. The maximum atomic E-state index is 13.0. The first kappa shape index (κ1) is 23.4. The number of hydrogen-bond donors (Lipinski definition) is 2. The molecule has 1 saturated heterocycles. The quantitative estimate of drug-likeness (QED) is 0.445. The molecule has 1 aliphatic heterocycles. The number of halogens is 1. The molecule has 176 valence electrons. The molecule has 2 aromatic carbocycles. The second-order valence-electron chi connectivity index (χ2n) is 7.21. The van der Waals surface area contributed by atoms with Gasteiger partial charge in [0.1, 0.15) is 0 Å². The van der Waals surface area contributed by atoms with Crippen LogP contribution in [-0.2, 0) is 11.3 Å². The number of fused-ring (bicyclic) bond motifs is 1. The number of aromatic nitrogens is 1. The van der Waals surface area contributed by atoms with Gasteiger partial charge >= 0.3 is 18.0 Å². The summed E-state index contributed by atoms with van der Waals surface area (Å²) in [4.78, 5) is 53.7. The lowest BCUT2D eigenvalue weighted by molar-refractivity contribution is -0.119. The highest BCUT2D eigenvalue weighted by atomic mass is 35.5. The van der Waals surface area contributed by atoms with Crippen molar-refractivity contribution in [2.24, 2.45) is 5.18 Å². The number of nitroso groups, excluding NO2 is 1. The standard InChI is InChI=1S/C21H19ClN6O5S/c1-2-27-19(30)25-18(28(21(27)31)10-12-3-5-13(22)6-4-12)23-14-7-8-15-16(9-14)34-20(24-15)33-11-17(29)26-32/h3-9,18,23H,2,10-11H2,1H3,(H,25,30). The van der Waals surface area contributed by atoms with E-state index in [4.69, 9.17) is 16.3 Å². The predicted molar refractivity (Wildman–Crippen MR) is 127 cm³/mol. The Bertz CT molecular complexity index is 1250. The van der Waals surface area contributed by atoms with Crippen LogP contribution < -0.4 is 15.4 Å². The number of thiazole rings is 1. The third kappa shape index (κ3) is 5.07. The van der Waals surface area contributed by atoms with Crippen molar-refractivity contribution in [3.8, 4) is 5.19 Å².